The Hall–Kier alpha value is -2.17. The molecule has 1 unspecified atom stereocenters. The van der Waals surface area contributed by atoms with Gasteiger partial charge in [0.2, 0.25) is 0 Å². The first-order chi connectivity index (χ1) is 14.0. The van der Waals surface area contributed by atoms with Gasteiger partial charge < -0.3 is 15.5 Å². The molecule has 0 fully saturated rings. The summed E-state index contributed by atoms with van der Waals surface area (Å²) in [5.41, 5.74) is 1.82. The van der Waals surface area contributed by atoms with Gasteiger partial charge in [-0.05, 0) is 44.4 Å². The first kappa shape index (κ1) is 24.1. The molecule has 8 nitrogen and oxygen atoms in total. The summed E-state index contributed by atoms with van der Waals surface area (Å²) < 4.78 is 1.99. The van der Waals surface area contributed by atoms with E-state index in [1.54, 1.807) is 19.0 Å². The van der Waals surface area contributed by atoms with Crippen LogP contribution in [0.4, 0.5) is 0 Å². The Morgan fingerprint density at radius 2 is 2.17 bits per heavy atom. The summed E-state index contributed by atoms with van der Waals surface area (Å²) in [6.07, 6.45) is 2.71. The molecule has 9 heteroatoms. The maximum atomic E-state index is 12.1. The Kier molecular flexibility index (Phi) is 9.07. The summed E-state index contributed by atoms with van der Waals surface area (Å²) in [5.74, 6) is 2.73. The van der Waals surface area contributed by atoms with E-state index in [4.69, 9.17) is 4.99 Å². The lowest BCUT2D eigenvalue weighted by atomic mass is 10.1. The molecule has 3 rings (SSSR count). The molecular weight excluding hydrogens is 493 g/mol. The van der Waals surface area contributed by atoms with Crippen LogP contribution in [0.15, 0.2) is 29.3 Å². The van der Waals surface area contributed by atoms with E-state index >= 15 is 0 Å². The van der Waals surface area contributed by atoms with Gasteiger partial charge in [0.05, 0.1) is 6.54 Å². The number of halogens is 1. The van der Waals surface area contributed by atoms with Crippen molar-refractivity contribution in [1.82, 2.24) is 30.3 Å². The van der Waals surface area contributed by atoms with Crippen LogP contribution in [-0.4, -0.2) is 64.8 Å². The van der Waals surface area contributed by atoms with Crippen molar-refractivity contribution >= 4 is 35.8 Å². The maximum absolute atomic E-state index is 12.1. The third-order valence-corrected chi connectivity index (χ3v) is 4.90. The van der Waals surface area contributed by atoms with Gasteiger partial charge in [-0.3, -0.25) is 9.79 Å². The van der Waals surface area contributed by atoms with Crippen molar-refractivity contribution in [3.05, 3.63) is 47.0 Å². The van der Waals surface area contributed by atoms with Crippen molar-refractivity contribution in [2.45, 2.75) is 45.7 Å². The van der Waals surface area contributed by atoms with Gasteiger partial charge in [-0.25, -0.2) is 9.67 Å². The van der Waals surface area contributed by atoms with E-state index in [-0.39, 0.29) is 35.9 Å². The Bertz CT molecular complexity index is 878. The van der Waals surface area contributed by atoms with E-state index in [2.05, 4.69) is 27.6 Å². The highest BCUT2D eigenvalue weighted by atomic mass is 127. The molecule has 1 aromatic carbocycles. The van der Waals surface area contributed by atoms with Gasteiger partial charge >= 0.3 is 0 Å². The Morgan fingerprint density at radius 1 is 1.37 bits per heavy atom. The molecule has 0 aliphatic carbocycles. The summed E-state index contributed by atoms with van der Waals surface area (Å²) in [4.78, 5) is 22.9. The van der Waals surface area contributed by atoms with Crippen LogP contribution in [0.5, 0.6) is 0 Å². The van der Waals surface area contributed by atoms with Gasteiger partial charge in [0.15, 0.2) is 5.96 Å². The van der Waals surface area contributed by atoms with Crippen molar-refractivity contribution in [1.29, 1.82) is 0 Å². The van der Waals surface area contributed by atoms with Crippen LogP contribution >= 0.6 is 24.0 Å². The molecule has 0 bridgehead atoms. The predicted octanol–water partition coefficient (Wildman–Crippen LogP) is 2.02. The van der Waals surface area contributed by atoms with Crippen LogP contribution in [0, 0.1) is 6.92 Å². The molecule has 0 spiro atoms. The number of hydrogen-bond donors (Lipinski definition) is 2. The number of carbonyl (C=O) groups excluding carboxylic acids is 1. The summed E-state index contributed by atoms with van der Waals surface area (Å²) in [6.45, 7) is 6.25. The van der Waals surface area contributed by atoms with Gasteiger partial charge in [0.1, 0.15) is 11.6 Å². The monoisotopic (exact) mass is 525 g/mol. The number of carbonyl (C=O) groups is 1. The van der Waals surface area contributed by atoms with Gasteiger partial charge in [-0.2, -0.15) is 5.10 Å². The van der Waals surface area contributed by atoms with Crippen LogP contribution < -0.4 is 10.6 Å². The second-order valence-corrected chi connectivity index (χ2v) is 7.55. The molecule has 2 aromatic rings. The molecule has 164 valence electrons. The lowest BCUT2D eigenvalue weighted by Gasteiger charge is -2.25. The standard InChI is InChI=1S/C21H31N7O.HI/c1-5-22-21(25-18-9-10-19-24-15(2)26-28(19)14-18)23-12-11-16-7-6-8-17(13-16)20(29)27(3)4;/h6-8,13,18H,5,9-12,14H2,1-4H3,(H2,22,23,25);1H. The van der Waals surface area contributed by atoms with Gasteiger partial charge in [-0.15, -0.1) is 24.0 Å². The zero-order chi connectivity index (χ0) is 20.8. The first-order valence-corrected chi connectivity index (χ1v) is 10.2. The van der Waals surface area contributed by atoms with Crippen LogP contribution in [0.1, 0.15) is 40.9 Å². The number of hydrogen-bond acceptors (Lipinski definition) is 4. The van der Waals surface area contributed by atoms with E-state index in [1.807, 2.05) is 35.9 Å². The number of nitrogens with zero attached hydrogens (tertiary/aromatic N) is 5. The van der Waals surface area contributed by atoms with Crippen LogP contribution in [0.3, 0.4) is 0 Å². The second-order valence-electron chi connectivity index (χ2n) is 7.55. The van der Waals surface area contributed by atoms with Crippen LogP contribution in [0.25, 0.3) is 0 Å². The second kappa shape index (κ2) is 11.3. The zero-order valence-electron chi connectivity index (χ0n) is 18.2. The number of benzene rings is 1. The molecule has 1 atom stereocenters. The van der Waals surface area contributed by atoms with Crippen molar-refractivity contribution in [3.8, 4) is 0 Å². The maximum Gasteiger partial charge on any atom is 0.253 e. The smallest absolute Gasteiger partial charge is 0.253 e. The number of aliphatic imine (C=N–C) groups is 1. The minimum atomic E-state index is 0. The van der Waals surface area contributed by atoms with Gasteiger partial charge in [-0.1, -0.05) is 12.1 Å². The number of fused-ring (bicyclic) bond motifs is 1. The summed E-state index contributed by atoms with van der Waals surface area (Å²) in [7, 11) is 3.53. The van der Waals surface area contributed by atoms with E-state index in [1.165, 1.54) is 0 Å². The van der Waals surface area contributed by atoms with Crippen molar-refractivity contribution in [3.63, 3.8) is 0 Å². The number of nitrogens with one attached hydrogen (secondary N) is 2. The first-order valence-electron chi connectivity index (χ1n) is 10.2. The molecule has 2 N–H and O–H groups in total. The lowest BCUT2D eigenvalue weighted by Crippen LogP contribution is -2.47. The van der Waals surface area contributed by atoms with Crippen LogP contribution in [-0.2, 0) is 19.4 Å². The number of rotatable bonds is 6. The van der Waals surface area contributed by atoms with Gasteiger partial charge in [0, 0.05) is 45.2 Å². The van der Waals surface area contributed by atoms with E-state index in [0.717, 1.165) is 55.5 Å². The quantitative estimate of drug-likeness (QED) is 0.343. The molecular formula is C21H32IN7O. The largest absolute Gasteiger partial charge is 0.357 e. The fourth-order valence-corrected chi connectivity index (χ4v) is 3.48. The van der Waals surface area contributed by atoms with Crippen LogP contribution in [0.2, 0.25) is 0 Å². The topological polar surface area (TPSA) is 87.4 Å². The van der Waals surface area contributed by atoms with E-state index in [9.17, 15) is 4.79 Å². The Morgan fingerprint density at radius 3 is 2.90 bits per heavy atom. The highest BCUT2D eigenvalue weighted by Crippen LogP contribution is 2.13. The molecule has 1 aromatic heterocycles. The minimum Gasteiger partial charge on any atom is -0.357 e. The highest BCUT2D eigenvalue weighted by molar-refractivity contribution is 14.0. The Balaban J connectivity index is 0.00000320. The normalized spacial score (nSPS) is 15.7. The molecule has 1 aliphatic heterocycles. The summed E-state index contributed by atoms with van der Waals surface area (Å²) >= 11 is 0. The highest BCUT2D eigenvalue weighted by Gasteiger charge is 2.21. The summed E-state index contributed by atoms with van der Waals surface area (Å²) in [5, 5.41) is 11.3. The van der Waals surface area contributed by atoms with E-state index in [0.29, 0.717) is 12.1 Å². The fraction of sp³-hybridized carbons (Fsp3) is 0.524. The van der Waals surface area contributed by atoms with Gasteiger partial charge in [0.25, 0.3) is 5.91 Å². The number of amides is 1. The Labute approximate surface area is 195 Å². The lowest BCUT2D eigenvalue weighted by molar-refractivity contribution is 0.0827. The molecule has 1 amide bonds. The third-order valence-electron chi connectivity index (χ3n) is 4.90. The van der Waals surface area contributed by atoms with Crippen molar-refractivity contribution < 1.29 is 4.79 Å². The summed E-state index contributed by atoms with van der Waals surface area (Å²) in [6, 6.07) is 8.05. The molecule has 0 radical (unpaired) electrons. The molecule has 2 heterocycles. The molecule has 1 aliphatic rings. The minimum absolute atomic E-state index is 0. The predicted molar refractivity (Wildman–Crippen MR) is 130 cm³/mol. The average molecular weight is 525 g/mol. The SMILES string of the molecule is CCNC(=NCCc1cccc(C(=O)N(C)C)c1)NC1CCc2nc(C)nn2C1.I. The molecule has 0 saturated carbocycles. The number of aromatic nitrogens is 3. The van der Waals surface area contributed by atoms with E-state index < -0.39 is 0 Å². The fourth-order valence-electron chi connectivity index (χ4n) is 3.48. The van der Waals surface area contributed by atoms with Crippen molar-refractivity contribution in [2.75, 3.05) is 27.2 Å². The molecule has 30 heavy (non-hydrogen) atoms. The van der Waals surface area contributed by atoms with Crippen molar-refractivity contribution in [2.24, 2.45) is 4.99 Å². The molecule has 0 saturated heterocycles. The third kappa shape index (κ3) is 6.41. The zero-order valence-corrected chi connectivity index (χ0v) is 20.5. The average Bonchev–Trinajstić information content (AvgIpc) is 3.07. The number of aryl methyl sites for hydroxylation is 2. The number of guanidine groups is 1.